The number of hydrogen-bond donors (Lipinski definition) is 2. The van der Waals surface area contributed by atoms with Gasteiger partial charge < -0.3 is 10.4 Å². The third kappa shape index (κ3) is 3.72. The van der Waals surface area contributed by atoms with Gasteiger partial charge in [0.15, 0.2) is 0 Å². The third-order valence-corrected chi connectivity index (χ3v) is 3.51. The highest BCUT2D eigenvalue weighted by Crippen LogP contribution is 2.26. The minimum absolute atomic E-state index is 0.282. The Morgan fingerprint density at radius 1 is 1.26 bits per heavy atom. The number of carbonyl (C=O) groups is 1. The van der Waals surface area contributed by atoms with Gasteiger partial charge in [-0.1, -0.05) is 23.7 Å². The highest BCUT2D eigenvalue weighted by Gasteiger charge is 2.04. The van der Waals surface area contributed by atoms with Crippen LogP contribution < -0.4 is 5.32 Å². The Labute approximate surface area is 124 Å². The Kier molecular flexibility index (Phi) is 4.45. The second-order valence-electron chi connectivity index (χ2n) is 3.98. The highest BCUT2D eigenvalue weighted by atomic mass is 79.9. The molecule has 2 rings (SSSR count). The number of carboxylic acids is 1. The molecule has 0 saturated heterocycles. The zero-order valence-electron chi connectivity index (χ0n) is 9.86. The SMILES string of the molecule is O=C(O)c1cccc(CNc2cc(Cl)ccc2Br)c1. The van der Waals surface area contributed by atoms with Crippen LogP contribution in [-0.4, -0.2) is 11.1 Å². The molecule has 0 radical (unpaired) electrons. The summed E-state index contributed by atoms with van der Waals surface area (Å²) in [5, 5.41) is 12.8. The molecule has 0 aliphatic rings. The smallest absolute Gasteiger partial charge is 0.335 e. The van der Waals surface area contributed by atoms with E-state index in [-0.39, 0.29) is 5.56 Å². The van der Waals surface area contributed by atoms with Crippen molar-refractivity contribution in [3.8, 4) is 0 Å². The normalized spacial score (nSPS) is 10.2. The van der Waals surface area contributed by atoms with E-state index >= 15 is 0 Å². The number of halogens is 2. The molecular formula is C14H11BrClNO2. The standard InChI is InChI=1S/C14H11BrClNO2/c15-12-5-4-11(16)7-13(12)17-8-9-2-1-3-10(6-9)14(18)19/h1-7,17H,8H2,(H,18,19). The molecule has 2 aromatic rings. The Morgan fingerprint density at radius 3 is 2.79 bits per heavy atom. The molecule has 0 amide bonds. The van der Waals surface area contributed by atoms with Crippen molar-refractivity contribution in [2.24, 2.45) is 0 Å². The van der Waals surface area contributed by atoms with Crippen molar-refractivity contribution in [2.45, 2.75) is 6.54 Å². The molecule has 0 saturated carbocycles. The molecule has 19 heavy (non-hydrogen) atoms. The van der Waals surface area contributed by atoms with Crippen LogP contribution in [0.25, 0.3) is 0 Å². The van der Waals surface area contributed by atoms with Gasteiger partial charge in [0.05, 0.1) is 11.3 Å². The number of rotatable bonds is 4. The zero-order valence-corrected chi connectivity index (χ0v) is 12.2. The molecular weight excluding hydrogens is 330 g/mol. The van der Waals surface area contributed by atoms with E-state index in [4.69, 9.17) is 16.7 Å². The zero-order chi connectivity index (χ0) is 13.8. The van der Waals surface area contributed by atoms with Gasteiger partial charge in [0.1, 0.15) is 0 Å². The molecule has 2 aromatic carbocycles. The third-order valence-electron chi connectivity index (χ3n) is 2.59. The molecule has 0 aromatic heterocycles. The summed E-state index contributed by atoms with van der Waals surface area (Å²) in [6, 6.07) is 12.3. The van der Waals surface area contributed by atoms with Crippen molar-refractivity contribution in [3.05, 3.63) is 63.1 Å². The van der Waals surface area contributed by atoms with E-state index in [1.54, 1.807) is 24.3 Å². The van der Waals surface area contributed by atoms with E-state index in [0.29, 0.717) is 11.6 Å². The molecule has 0 unspecified atom stereocenters. The first-order valence-corrected chi connectivity index (χ1v) is 6.74. The molecule has 98 valence electrons. The average Bonchev–Trinajstić information content (AvgIpc) is 2.40. The lowest BCUT2D eigenvalue weighted by Crippen LogP contribution is -2.02. The van der Waals surface area contributed by atoms with Crippen molar-refractivity contribution < 1.29 is 9.90 Å². The van der Waals surface area contributed by atoms with Gasteiger partial charge in [0.25, 0.3) is 0 Å². The molecule has 0 aliphatic heterocycles. The number of anilines is 1. The van der Waals surface area contributed by atoms with Crippen LogP contribution >= 0.6 is 27.5 Å². The molecule has 3 nitrogen and oxygen atoms in total. The Bertz CT molecular complexity index is 616. The van der Waals surface area contributed by atoms with Gasteiger partial charge >= 0.3 is 5.97 Å². The van der Waals surface area contributed by atoms with E-state index in [0.717, 1.165) is 15.7 Å². The lowest BCUT2D eigenvalue weighted by Gasteiger charge is -2.09. The van der Waals surface area contributed by atoms with Crippen molar-refractivity contribution >= 4 is 39.2 Å². The molecule has 0 fully saturated rings. The number of benzene rings is 2. The maximum atomic E-state index is 10.9. The highest BCUT2D eigenvalue weighted by molar-refractivity contribution is 9.10. The molecule has 5 heteroatoms. The monoisotopic (exact) mass is 339 g/mol. The van der Waals surface area contributed by atoms with Crippen LogP contribution in [0.3, 0.4) is 0 Å². The van der Waals surface area contributed by atoms with Crippen molar-refractivity contribution in [1.82, 2.24) is 0 Å². The van der Waals surface area contributed by atoms with Crippen LogP contribution in [0.15, 0.2) is 46.9 Å². The summed E-state index contributed by atoms with van der Waals surface area (Å²) in [7, 11) is 0. The summed E-state index contributed by atoms with van der Waals surface area (Å²) >= 11 is 9.35. The van der Waals surface area contributed by atoms with Crippen LogP contribution in [0.2, 0.25) is 5.02 Å². The second-order valence-corrected chi connectivity index (χ2v) is 5.27. The molecule has 0 spiro atoms. The fourth-order valence-electron chi connectivity index (χ4n) is 1.64. The van der Waals surface area contributed by atoms with Gasteiger partial charge in [-0.15, -0.1) is 0 Å². The fourth-order valence-corrected chi connectivity index (χ4v) is 2.20. The van der Waals surface area contributed by atoms with Gasteiger partial charge in [-0.25, -0.2) is 4.79 Å². The Morgan fingerprint density at radius 2 is 2.05 bits per heavy atom. The largest absolute Gasteiger partial charge is 0.478 e. The number of aromatic carboxylic acids is 1. The van der Waals surface area contributed by atoms with Gasteiger partial charge in [-0.2, -0.15) is 0 Å². The molecule has 2 N–H and O–H groups in total. The maximum absolute atomic E-state index is 10.9. The van der Waals surface area contributed by atoms with Gasteiger partial charge in [-0.3, -0.25) is 0 Å². The summed E-state index contributed by atoms with van der Waals surface area (Å²) in [5.74, 6) is -0.925. The minimum atomic E-state index is -0.925. The Hall–Kier alpha value is -1.52. The van der Waals surface area contributed by atoms with Gasteiger partial charge in [-0.05, 0) is 51.8 Å². The summed E-state index contributed by atoms with van der Waals surface area (Å²) in [5.41, 5.74) is 2.05. The van der Waals surface area contributed by atoms with E-state index < -0.39 is 5.97 Å². The maximum Gasteiger partial charge on any atom is 0.335 e. The van der Waals surface area contributed by atoms with E-state index in [1.165, 1.54) is 0 Å². The van der Waals surface area contributed by atoms with Gasteiger partial charge in [0, 0.05) is 16.0 Å². The first-order valence-electron chi connectivity index (χ1n) is 5.57. The topological polar surface area (TPSA) is 49.3 Å². The van der Waals surface area contributed by atoms with E-state index in [2.05, 4.69) is 21.2 Å². The summed E-state index contributed by atoms with van der Waals surface area (Å²) in [4.78, 5) is 10.9. The lowest BCUT2D eigenvalue weighted by atomic mass is 10.1. The minimum Gasteiger partial charge on any atom is -0.478 e. The second kappa shape index (κ2) is 6.08. The van der Waals surface area contributed by atoms with Crippen LogP contribution in [0.1, 0.15) is 15.9 Å². The number of nitrogens with one attached hydrogen (secondary N) is 1. The summed E-state index contributed by atoms with van der Waals surface area (Å²) in [6.07, 6.45) is 0. The predicted molar refractivity (Wildman–Crippen MR) is 79.9 cm³/mol. The van der Waals surface area contributed by atoms with Crippen LogP contribution in [0, 0.1) is 0 Å². The first-order chi connectivity index (χ1) is 9.06. The molecule has 0 heterocycles. The molecule has 0 bridgehead atoms. The van der Waals surface area contributed by atoms with Crippen LogP contribution in [0.4, 0.5) is 5.69 Å². The predicted octanol–water partition coefficient (Wildman–Crippen LogP) is 4.41. The van der Waals surface area contributed by atoms with E-state index in [1.807, 2.05) is 18.2 Å². The quantitative estimate of drug-likeness (QED) is 0.866. The van der Waals surface area contributed by atoms with Crippen LogP contribution in [0.5, 0.6) is 0 Å². The number of carboxylic acid groups (broad SMARTS) is 1. The first kappa shape index (κ1) is 13.9. The fraction of sp³-hybridized carbons (Fsp3) is 0.0714. The van der Waals surface area contributed by atoms with Crippen LogP contribution in [-0.2, 0) is 6.54 Å². The number of hydrogen-bond acceptors (Lipinski definition) is 2. The van der Waals surface area contributed by atoms with Crippen molar-refractivity contribution in [2.75, 3.05) is 5.32 Å². The summed E-state index contributed by atoms with van der Waals surface area (Å²) < 4.78 is 0.909. The lowest BCUT2D eigenvalue weighted by molar-refractivity contribution is 0.0697. The average molecular weight is 341 g/mol. The van der Waals surface area contributed by atoms with E-state index in [9.17, 15) is 4.79 Å². The van der Waals surface area contributed by atoms with Gasteiger partial charge in [0.2, 0.25) is 0 Å². The van der Waals surface area contributed by atoms with Crippen molar-refractivity contribution in [1.29, 1.82) is 0 Å². The van der Waals surface area contributed by atoms with Crippen molar-refractivity contribution in [3.63, 3.8) is 0 Å². The molecule has 0 aliphatic carbocycles. The Balaban J connectivity index is 2.12. The molecule has 0 atom stereocenters. The summed E-state index contributed by atoms with van der Waals surface area (Å²) in [6.45, 7) is 0.528.